The number of fused-ring (bicyclic) bond motifs is 1. The number of rotatable bonds is 3. The number of anilines is 2. The van der Waals surface area contributed by atoms with Crippen LogP contribution in [0.4, 0.5) is 11.4 Å². The fourth-order valence-corrected chi connectivity index (χ4v) is 3.17. The fraction of sp³-hybridized carbons (Fsp3) is 0.167. The number of phenolic OH excluding ortho intramolecular Hbond substituents is 1. The molecule has 0 bridgehead atoms. The normalized spacial score (nSPS) is 11.1. The fourth-order valence-electron chi connectivity index (χ4n) is 2.41. The molecule has 0 saturated carbocycles. The summed E-state index contributed by atoms with van der Waals surface area (Å²) in [5.74, 6) is 0.262. The van der Waals surface area contributed by atoms with Crippen LogP contribution in [0.15, 0.2) is 48.7 Å². The van der Waals surface area contributed by atoms with Crippen LogP contribution in [0.25, 0.3) is 10.9 Å². The summed E-state index contributed by atoms with van der Waals surface area (Å²) < 4.78 is 0. The number of nitrogens with zero attached hydrogens (tertiary/aromatic N) is 1. The Hall–Kier alpha value is -2.12. The maximum absolute atomic E-state index is 9.70. The van der Waals surface area contributed by atoms with Gasteiger partial charge in [-0.25, -0.2) is 0 Å². The smallest absolute Gasteiger partial charge is 0.117 e. The second-order valence-corrected chi connectivity index (χ2v) is 7.88. The Morgan fingerprint density at radius 1 is 1.00 bits per heavy atom. The summed E-state index contributed by atoms with van der Waals surface area (Å²) in [6, 6.07) is 13.8. The number of phenols is 1. The Labute approximate surface area is 131 Å². The predicted molar refractivity (Wildman–Crippen MR) is 96.3 cm³/mol. The Bertz CT molecular complexity index is 830. The van der Waals surface area contributed by atoms with Crippen LogP contribution < -0.4 is 10.6 Å². The van der Waals surface area contributed by atoms with E-state index in [0.29, 0.717) is 0 Å². The maximum Gasteiger partial charge on any atom is 0.117 e. The first-order valence-corrected chi connectivity index (χ1v) is 9.41. The molecule has 0 atom stereocenters. The first-order valence-electron chi connectivity index (χ1n) is 7.17. The van der Waals surface area contributed by atoms with Crippen molar-refractivity contribution < 1.29 is 5.11 Å². The van der Waals surface area contributed by atoms with E-state index in [1.807, 2.05) is 25.3 Å². The molecule has 3 nitrogen and oxygen atoms in total. The third-order valence-corrected chi connectivity index (χ3v) is 5.04. The third-order valence-electron chi connectivity index (χ3n) is 3.73. The average Bonchev–Trinajstić information content (AvgIpc) is 2.50. The van der Waals surface area contributed by atoms with Crippen LogP contribution in [0.3, 0.4) is 0 Å². The minimum Gasteiger partial charge on any atom is -0.508 e. The quantitative estimate of drug-likeness (QED) is 0.707. The van der Waals surface area contributed by atoms with Gasteiger partial charge in [0.25, 0.3) is 0 Å². The lowest BCUT2D eigenvalue weighted by Crippen LogP contribution is -2.01. The molecule has 0 amide bonds. The minimum atomic E-state index is -0.147. The van der Waals surface area contributed by atoms with Crippen LogP contribution in [-0.2, 0) is 0 Å². The lowest BCUT2D eigenvalue weighted by Gasteiger charge is -2.14. The molecular weight excluding hydrogens is 291 g/mol. The molecule has 3 aromatic rings. The molecule has 0 radical (unpaired) electrons. The van der Waals surface area contributed by atoms with Crippen molar-refractivity contribution in [3.05, 3.63) is 54.2 Å². The number of nitrogens with one attached hydrogen (secondary N) is 1. The molecule has 0 unspecified atom stereocenters. The highest BCUT2D eigenvalue weighted by molar-refractivity contribution is 7.64. The van der Waals surface area contributed by atoms with Crippen molar-refractivity contribution in [1.82, 2.24) is 4.98 Å². The van der Waals surface area contributed by atoms with Crippen LogP contribution in [-0.4, -0.2) is 23.4 Å². The standard InChI is InChI=1S/C18H19N2OP/c1-12-4-5-13(21)10-18(12)20-17-8-9-19-16-7-6-14(22(2)3)11-15(16)17/h4-11,21H,1-3H3,(H,19,20). The van der Waals surface area contributed by atoms with Crippen molar-refractivity contribution in [3.8, 4) is 5.75 Å². The predicted octanol–water partition coefficient (Wildman–Crippen LogP) is 4.36. The second kappa shape index (κ2) is 5.94. The molecule has 0 saturated heterocycles. The van der Waals surface area contributed by atoms with E-state index >= 15 is 0 Å². The van der Waals surface area contributed by atoms with E-state index in [9.17, 15) is 5.11 Å². The zero-order chi connectivity index (χ0) is 15.7. The van der Waals surface area contributed by atoms with Gasteiger partial charge in [0.05, 0.1) is 5.52 Å². The van der Waals surface area contributed by atoms with Gasteiger partial charge in [0.1, 0.15) is 5.75 Å². The highest BCUT2D eigenvalue weighted by atomic mass is 31.1. The van der Waals surface area contributed by atoms with E-state index in [1.54, 1.807) is 12.1 Å². The zero-order valence-corrected chi connectivity index (χ0v) is 13.9. The number of aromatic nitrogens is 1. The molecule has 1 heterocycles. The summed E-state index contributed by atoms with van der Waals surface area (Å²) in [5, 5.41) is 15.6. The number of aromatic hydroxyl groups is 1. The molecule has 3 rings (SSSR count). The molecule has 0 aliphatic heterocycles. The van der Waals surface area contributed by atoms with Gasteiger partial charge >= 0.3 is 0 Å². The molecule has 22 heavy (non-hydrogen) atoms. The van der Waals surface area contributed by atoms with Gasteiger partial charge in [0.15, 0.2) is 0 Å². The summed E-state index contributed by atoms with van der Waals surface area (Å²) >= 11 is 0. The van der Waals surface area contributed by atoms with Gasteiger partial charge in [-0.1, -0.05) is 20.1 Å². The van der Waals surface area contributed by atoms with Gasteiger partial charge in [-0.2, -0.15) is 0 Å². The molecule has 1 aromatic heterocycles. The van der Waals surface area contributed by atoms with Crippen molar-refractivity contribution in [2.45, 2.75) is 6.92 Å². The number of hydrogen-bond donors (Lipinski definition) is 2. The number of hydrogen-bond acceptors (Lipinski definition) is 3. The number of benzene rings is 2. The summed E-state index contributed by atoms with van der Waals surface area (Å²) in [5.41, 5.74) is 3.99. The number of aryl methyl sites for hydroxylation is 1. The molecule has 0 aliphatic rings. The molecule has 2 N–H and O–H groups in total. The average molecular weight is 310 g/mol. The lowest BCUT2D eigenvalue weighted by molar-refractivity contribution is 0.475. The van der Waals surface area contributed by atoms with Gasteiger partial charge in [0.2, 0.25) is 0 Å². The summed E-state index contributed by atoms with van der Waals surface area (Å²) in [4.78, 5) is 4.44. The molecule has 0 fully saturated rings. The first-order chi connectivity index (χ1) is 10.5. The van der Waals surface area contributed by atoms with E-state index < -0.39 is 0 Å². The van der Waals surface area contributed by atoms with Crippen molar-refractivity contribution in [2.75, 3.05) is 18.6 Å². The third kappa shape index (κ3) is 2.90. The van der Waals surface area contributed by atoms with Gasteiger partial charge in [-0.15, -0.1) is 0 Å². The maximum atomic E-state index is 9.70. The number of pyridine rings is 1. The van der Waals surface area contributed by atoms with E-state index in [1.165, 1.54) is 5.30 Å². The zero-order valence-electron chi connectivity index (χ0n) is 13.0. The van der Waals surface area contributed by atoms with Crippen LogP contribution in [0.1, 0.15) is 5.56 Å². The Kier molecular flexibility index (Phi) is 4.00. The van der Waals surface area contributed by atoms with Crippen molar-refractivity contribution in [3.63, 3.8) is 0 Å². The van der Waals surface area contributed by atoms with Crippen LogP contribution in [0.5, 0.6) is 5.75 Å². The molecule has 4 heteroatoms. The van der Waals surface area contributed by atoms with Crippen molar-refractivity contribution >= 4 is 35.5 Å². The van der Waals surface area contributed by atoms with E-state index in [-0.39, 0.29) is 13.7 Å². The van der Waals surface area contributed by atoms with Crippen LogP contribution >= 0.6 is 7.92 Å². The summed E-state index contributed by atoms with van der Waals surface area (Å²) in [7, 11) is -0.147. The topological polar surface area (TPSA) is 45.1 Å². The lowest BCUT2D eigenvalue weighted by atomic mass is 10.1. The minimum absolute atomic E-state index is 0.147. The van der Waals surface area contributed by atoms with Gasteiger partial charge in [-0.05, 0) is 55.4 Å². The van der Waals surface area contributed by atoms with E-state index in [0.717, 1.165) is 27.8 Å². The van der Waals surface area contributed by atoms with E-state index in [2.05, 4.69) is 41.8 Å². The molecular formula is C18H19N2OP. The van der Waals surface area contributed by atoms with Crippen LogP contribution in [0, 0.1) is 6.92 Å². The first kappa shape index (κ1) is 14.8. The monoisotopic (exact) mass is 310 g/mol. The van der Waals surface area contributed by atoms with E-state index in [4.69, 9.17) is 0 Å². The highest BCUT2D eigenvalue weighted by Gasteiger charge is 2.07. The Morgan fingerprint density at radius 2 is 1.82 bits per heavy atom. The second-order valence-electron chi connectivity index (χ2n) is 5.58. The molecule has 2 aromatic carbocycles. The SMILES string of the molecule is Cc1ccc(O)cc1Nc1ccnc2ccc(P(C)C)cc12. The summed E-state index contributed by atoms with van der Waals surface area (Å²) in [6.07, 6.45) is 1.81. The largest absolute Gasteiger partial charge is 0.508 e. The summed E-state index contributed by atoms with van der Waals surface area (Å²) in [6.45, 7) is 6.52. The van der Waals surface area contributed by atoms with Gasteiger partial charge < -0.3 is 10.4 Å². The Morgan fingerprint density at radius 3 is 2.59 bits per heavy atom. The molecule has 0 spiro atoms. The van der Waals surface area contributed by atoms with Crippen LogP contribution in [0.2, 0.25) is 0 Å². The van der Waals surface area contributed by atoms with Crippen molar-refractivity contribution in [1.29, 1.82) is 0 Å². The van der Waals surface area contributed by atoms with Crippen molar-refractivity contribution in [2.24, 2.45) is 0 Å². The highest BCUT2D eigenvalue weighted by Crippen LogP contribution is 2.31. The van der Waals surface area contributed by atoms with Gasteiger partial charge in [0, 0.05) is 29.0 Å². The Balaban J connectivity index is 2.10. The van der Waals surface area contributed by atoms with Gasteiger partial charge in [-0.3, -0.25) is 4.98 Å². The molecule has 0 aliphatic carbocycles. The molecule has 112 valence electrons.